The number of anilines is 1. The second-order valence-corrected chi connectivity index (χ2v) is 10.4. The molecule has 13 nitrogen and oxygen atoms in total. The molecule has 0 saturated carbocycles. The molecule has 39 heavy (non-hydrogen) atoms. The van der Waals surface area contributed by atoms with Gasteiger partial charge in [-0.3, -0.25) is 4.79 Å². The van der Waals surface area contributed by atoms with Crippen molar-refractivity contribution in [1.82, 2.24) is 34.4 Å². The molecule has 0 aliphatic carbocycles. The standard InChI is InChI=1S/C20H20N8O3S.C2HF3O2/c1-32(30,31)16-4-2-15(3-5-16)28-13-23-17(25-28)20(29)24-14-6-9-27(12-14)19-18-21-7-10-26(18)11-8-22-19;3-2(4,5)1(6)7/h2-5,7-8,10-11,13-14H,6,9,12H2,1H3,(H,24,29);(H,6,7)/t14-;/m0./s1. The van der Waals surface area contributed by atoms with Gasteiger partial charge in [0.15, 0.2) is 21.3 Å². The fourth-order valence-corrected chi connectivity index (χ4v) is 4.35. The fourth-order valence-electron chi connectivity index (χ4n) is 3.72. The Morgan fingerprint density at radius 2 is 1.72 bits per heavy atom. The van der Waals surface area contributed by atoms with Crippen molar-refractivity contribution >= 4 is 33.2 Å². The summed E-state index contributed by atoms with van der Waals surface area (Å²) in [5, 5.41) is 14.3. The Labute approximate surface area is 218 Å². The highest BCUT2D eigenvalue weighted by Gasteiger charge is 2.38. The Morgan fingerprint density at radius 1 is 1.08 bits per heavy atom. The van der Waals surface area contributed by atoms with Crippen molar-refractivity contribution in [3.05, 3.63) is 61.2 Å². The van der Waals surface area contributed by atoms with Crippen LogP contribution in [0.3, 0.4) is 0 Å². The predicted octanol–water partition coefficient (Wildman–Crippen LogP) is 1.36. The monoisotopic (exact) mass is 566 g/mol. The van der Waals surface area contributed by atoms with Crippen molar-refractivity contribution in [1.29, 1.82) is 0 Å². The van der Waals surface area contributed by atoms with Gasteiger partial charge < -0.3 is 19.7 Å². The topological polar surface area (TPSA) is 165 Å². The quantitative estimate of drug-likeness (QED) is 0.360. The first-order chi connectivity index (χ1) is 18.3. The van der Waals surface area contributed by atoms with E-state index in [1.54, 1.807) is 24.5 Å². The van der Waals surface area contributed by atoms with Gasteiger partial charge in [-0.05, 0) is 30.7 Å². The minimum atomic E-state index is -5.08. The lowest BCUT2D eigenvalue weighted by Crippen LogP contribution is -2.37. The van der Waals surface area contributed by atoms with Crippen molar-refractivity contribution in [2.45, 2.75) is 23.5 Å². The second kappa shape index (κ2) is 10.7. The molecular formula is C22H21F3N8O5S. The molecule has 1 aromatic carbocycles. The molecule has 1 fully saturated rings. The summed E-state index contributed by atoms with van der Waals surface area (Å²) in [6, 6.07) is 6.15. The third-order valence-electron chi connectivity index (χ3n) is 5.58. The Kier molecular flexibility index (Phi) is 7.53. The van der Waals surface area contributed by atoms with Gasteiger partial charge in [0.05, 0.1) is 10.6 Å². The predicted molar refractivity (Wildman–Crippen MR) is 129 cm³/mol. The van der Waals surface area contributed by atoms with E-state index in [9.17, 15) is 26.4 Å². The van der Waals surface area contributed by atoms with Gasteiger partial charge in [0.1, 0.15) is 6.33 Å². The van der Waals surface area contributed by atoms with Gasteiger partial charge in [0.2, 0.25) is 5.82 Å². The molecule has 4 aromatic rings. The number of carboxylic acids is 1. The van der Waals surface area contributed by atoms with Gasteiger partial charge in [0, 0.05) is 50.2 Å². The molecular weight excluding hydrogens is 545 g/mol. The normalized spacial score (nSPS) is 15.6. The van der Waals surface area contributed by atoms with E-state index < -0.39 is 22.0 Å². The summed E-state index contributed by atoms with van der Waals surface area (Å²) in [5.41, 5.74) is 1.39. The number of alkyl halides is 3. The van der Waals surface area contributed by atoms with E-state index in [0.29, 0.717) is 12.2 Å². The van der Waals surface area contributed by atoms with E-state index in [-0.39, 0.29) is 22.7 Å². The summed E-state index contributed by atoms with van der Waals surface area (Å²) in [5.74, 6) is -2.29. The lowest BCUT2D eigenvalue weighted by atomic mass is 10.2. The van der Waals surface area contributed by atoms with Crippen molar-refractivity contribution in [3.8, 4) is 5.69 Å². The van der Waals surface area contributed by atoms with Crippen LogP contribution in [0.4, 0.5) is 19.0 Å². The van der Waals surface area contributed by atoms with Crippen LogP contribution in [0.1, 0.15) is 17.0 Å². The van der Waals surface area contributed by atoms with E-state index >= 15 is 0 Å². The number of nitrogens with zero attached hydrogens (tertiary/aromatic N) is 7. The highest BCUT2D eigenvalue weighted by atomic mass is 32.2. The molecule has 206 valence electrons. The van der Waals surface area contributed by atoms with Crippen molar-refractivity contribution < 1.29 is 36.3 Å². The zero-order chi connectivity index (χ0) is 28.4. The van der Waals surface area contributed by atoms with Gasteiger partial charge in [-0.25, -0.2) is 32.8 Å². The number of amides is 1. The minimum absolute atomic E-state index is 0.0455. The van der Waals surface area contributed by atoms with Crippen molar-refractivity contribution in [2.75, 3.05) is 24.2 Å². The van der Waals surface area contributed by atoms with Crippen LogP contribution in [-0.2, 0) is 14.6 Å². The maximum absolute atomic E-state index is 12.7. The largest absolute Gasteiger partial charge is 0.490 e. The Balaban J connectivity index is 0.000000448. The molecule has 2 N–H and O–H groups in total. The Bertz CT molecular complexity index is 1600. The number of hydrogen-bond acceptors (Lipinski definition) is 9. The maximum atomic E-state index is 12.7. The van der Waals surface area contributed by atoms with Gasteiger partial charge in [-0.15, -0.1) is 5.10 Å². The van der Waals surface area contributed by atoms with Gasteiger partial charge >= 0.3 is 12.1 Å². The fraction of sp³-hybridized carbons (Fsp3) is 0.273. The zero-order valence-electron chi connectivity index (χ0n) is 20.1. The third-order valence-corrected chi connectivity index (χ3v) is 6.71. The summed E-state index contributed by atoms with van der Waals surface area (Å²) >= 11 is 0. The van der Waals surface area contributed by atoms with Crippen LogP contribution in [-0.4, -0.2) is 86.1 Å². The Hall–Kier alpha value is -4.54. The van der Waals surface area contributed by atoms with E-state index in [1.165, 1.54) is 23.1 Å². The molecule has 0 spiro atoms. The van der Waals surface area contributed by atoms with Gasteiger partial charge in [-0.2, -0.15) is 13.2 Å². The van der Waals surface area contributed by atoms with Crippen LogP contribution < -0.4 is 10.2 Å². The van der Waals surface area contributed by atoms with Crippen molar-refractivity contribution in [3.63, 3.8) is 0 Å². The molecule has 0 unspecified atom stereocenters. The van der Waals surface area contributed by atoms with Crippen LogP contribution in [0, 0.1) is 0 Å². The van der Waals surface area contributed by atoms with E-state index in [2.05, 4.69) is 30.3 Å². The summed E-state index contributed by atoms with van der Waals surface area (Å²) < 4.78 is 58.3. The zero-order valence-corrected chi connectivity index (χ0v) is 21.0. The molecule has 4 heterocycles. The second-order valence-electron chi connectivity index (χ2n) is 8.40. The number of hydrogen-bond donors (Lipinski definition) is 2. The van der Waals surface area contributed by atoms with E-state index in [4.69, 9.17) is 9.90 Å². The smallest absolute Gasteiger partial charge is 0.475 e. The number of rotatable bonds is 5. The number of benzene rings is 1. The summed E-state index contributed by atoms with van der Waals surface area (Å²) in [6.45, 7) is 1.36. The molecule has 3 aromatic heterocycles. The molecule has 1 saturated heterocycles. The number of fused-ring (bicyclic) bond motifs is 1. The molecule has 1 aliphatic rings. The number of sulfone groups is 1. The molecule has 17 heteroatoms. The molecule has 0 radical (unpaired) electrons. The average molecular weight is 567 g/mol. The summed E-state index contributed by atoms with van der Waals surface area (Å²) in [7, 11) is -3.28. The number of imidazole rings is 1. The number of nitrogens with one attached hydrogen (secondary N) is 1. The maximum Gasteiger partial charge on any atom is 0.490 e. The first-order valence-corrected chi connectivity index (χ1v) is 13.1. The number of carboxylic acid groups (broad SMARTS) is 1. The van der Waals surface area contributed by atoms with Gasteiger partial charge in [0.25, 0.3) is 5.91 Å². The van der Waals surface area contributed by atoms with Crippen LogP contribution in [0.2, 0.25) is 0 Å². The summed E-state index contributed by atoms with van der Waals surface area (Å²) in [4.78, 5) is 36.8. The highest BCUT2D eigenvalue weighted by molar-refractivity contribution is 7.90. The number of halogens is 3. The first kappa shape index (κ1) is 27.5. The van der Waals surface area contributed by atoms with Crippen LogP contribution in [0.25, 0.3) is 11.3 Å². The molecule has 1 aliphatic heterocycles. The van der Waals surface area contributed by atoms with Crippen molar-refractivity contribution in [2.24, 2.45) is 0 Å². The third kappa shape index (κ3) is 6.49. The van der Waals surface area contributed by atoms with Crippen LogP contribution in [0.5, 0.6) is 0 Å². The average Bonchev–Trinajstić information content (AvgIpc) is 3.64. The molecule has 0 bridgehead atoms. The van der Waals surface area contributed by atoms with E-state index in [0.717, 1.165) is 30.7 Å². The first-order valence-electron chi connectivity index (χ1n) is 11.2. The Morgan fingerprint density at radius 3 is 2.33 bits per heavy atom. The SMILES string of the molecule is CS(=O)(=O)c1ccc(-n2cnc(C(=O)N[C@H]3CCN(c4nccn5ccnc45)C3)n2)cc1.O=C(O)C(F)(F)F. The van der Waals surface area contributed by atoms with E-state index in [1.807, 2.05) is 16.8 Å². The lowest BCUT2D eigenvalue weighted by molar-refractivity contribution is -0.192. The number of carbonyl (C=O) groups excluding carboxylic acids is 1. The number of aromatic nitrogens is 6. The minimum Gasteiger partial charge on any atom is -0.475 e. The summed E-state index contributed by atoms with van der Waals surface area (Å²) in [6.07, 6.45) is 5.43. The molecule has 1 atom stereocenters. The molecule has 5 rings (SSSR count). The molecule has 1 amide bonds. The van der Waals surface area contributed by atoms with Gasteiger partial charge in [-0.1, -0.05) is 0 Å². The van der Waals surface area contributed by atoms with Crippen LogP contribution >= 0.6 is 0 Å². The lowest BCUT2D eigenvalue weighted by Gasteiger charge is -2.18. The number of aliphatic carboxylic acids is 1. The number of carbonyl (C=O) groups is 2. The highest BCUT2D eigenvalue weighted by Crippen LogP contribution is 2.22. The van der Waals surface area contributed by atoms with Crippen LogP contribution in [0.15, 0.2) is 60.3 Å².